The number of hydrogen-bond acceptors (Lipinski definition) is 5. The van der Waals surface area contributed by atoms with Crippen LogP contribution in [0.4, 0.5) is 5.69 Å². The van der Waals surface area contributed by atoms with Gasteiger partial charge in [-0.15, -0.1) is 0 Å². The van der Waals surface area contributed by atoms with E-state index in [1.165, 1.54) is 18.9 Å². The van der Waals surface area contributed by atoms with Crippen molar-refractivity contribution in [3.05, 3.63) is 66.4 Å². The predicted molar refractivity (Wildman–Crippen MR) is 98.9 cm³/mol. The quantitative estimate of drug-likeness (QED) is 0.559. The van der Waals surface area contributed by atoms with Crippen LogP contribution in [0.25, 0.3) is 10.8 Å². The maximum Gasteiger partial charge on any atom is 0.339 e. The second-order valence-electron chi connectivity index (χ2n) is 5.21. The molecule has 6 heteroatoms. The molecule has 0 saturated carbocycles. The third kappa shape index (κ3) is 3.97. The van der Waals surface area contributed by atoms with Gasteiger partial charge in [0, 0.05) is 11.6 Å². The third-order valence-corrected chi connectivity index (χ3v) is 4.59. The number of hydrogen-bond donors (Lipinski definition) is 1. The number of esters is 1. The number of benzene rings is 2. The molecule has 3 aromatic rings. The maximum absolute atomic E-state index is 12.3. The van der Waals surface area contributed by atoms with Crippen LogP contribution < -0.4 is 5.32 Å². The summed E-state index contributed by atoms with van der Waals surface area (Å²) in [5.74, 6) is -0.508. The first-order chi connectivity index (χ1) is 12.2. The lowest BCUT2D eigenvalue weighted by atomic mass is 10.2. The van der Waals surface area contributed by atoms with Crippen molar-refractivity contribution in [2.24, 2.45) is 0 Å². The van der Waals surface area contributed by atoms with Gasteiger partial charge in [0.2, 0.25) is 5.91 Å². The molecular weight excluding hydrogens is 336 g/mol. The molecule has 0 aliphatic rings. The fourth-order valence-corrected chi connectivity index (χ4v) is 3.22. The number of fused-ring (bicyclic) bond motifs is 1. The molecule has 1 amide bonds. The minimum atomic E-state index is -0.487. The first-order valence-electron chi connectivity index (χ1n) is 7.63. The van der Waals surface area contributed by atoms with Gasteiger partial charge in [-0.25, -0.2) is 9.78 Å². The van der Waals surface area contributed by atoms with E-state index in [4.69, 9.17) is 4.74 Å². The van der Waals surface area contributed by atoms with Crippen LogP contribution >= 0.6 is 11.8 Å². The molecule has 0 atom stereocenters. The summed E-state index contributed by atoms with van der Waals surface area (Å²) in [5, 5.41) is 5.65. The van der Waals surface area contributed by atoms with Crippen LogP contribution in [0.15, 0.2) is 65.8 Å². The largest absolute Gasteiger partial charge is 0.465 e. The van der Waals surface area contributed by atoms with Crippen molar-refractivity contribution in [2.75, 3.05) is 18.2 Å². The van der Waals surface area contributed by atoms with Crippen molar-refractivity contribution >= 4 is 40.1 Å². The fraction of sp³-hybridized carbons (Fsp3) is 0.105. The van der Waals surface area contributed by atoms with Crippen LogP contribution in [0, 0.1) is 0 Å². The van der Waals surface area contributed by atoms with Gasteiger partial charge in [-0.2, -0.15) is 0 Å². The summed E-state index contributed by atoms with van der Waals surface area (Å²) in [6.07, 6.45) is 1.73. The Morgan fingerprint density at radius 1 is 1.08 bits per heavy atom. The van der Waals surface area contributed by atoms with E-state index in [1.807, 2.05) is 30.3 Å². The molecule has 0 bridgehead atoms. The second kappa shape index (κ2) is 7.81. The Hall–Kier alpha value is -2.86. The van der Waals surface area contributed by atoms with E-state index in [1.54, 1.807) is 30.5 Å². The van der Waals surface area contributed by atoms with Crippen LogP contribution in [-0.4, -0.2) is 29.7 Å². The highest BCUT2D eigenvalue weighted by Crippen LogP contribution is 2.25. The first-order valence-corrected chi connectivity index (χ1v) is 8.61. The highest BCUT2D eigenvalue weighted by atomic mass is 32.2. The van der Waals surface area contributed by atoms with Gasteiger partial charge in [-0.1, -0.05) is 48.2 Å². The molecule has 3 rings (SSSR count). The number of aromatic nitrogens is 1. The van der Waals surface area contributed by atoms with E-state index in [2.05, 4.69) is 10.3 Å². The van der Waals surface area contributed by atoms with Crippen molar-refractivity contribution in [3.8, 4) is 0 Å². The lowest BCUT2D eigenvalue weighted by Gasteiger charge is -2.10. The number of anilines is 1. The summed E-state index contributed by atoms with van der Waals surface area (Å²) in [7, 11) is 1.31. The molecule has 0 aliphatic heterocycles. The zero-order valence-corrected chi connectivity index (χ0v) is 14.4. The normalized spacial score (nSPS) is 10.4. The van der Waals surface area contributed by atoms with Crippen molar-refractivity contribution in [1.82, 2.24) is 4.98 Å². The molecule has 0 saturated heterocycles. The summed E-state index contributed by atoms with van der Waals surface area (Å²) in [6, 6.07) is 16.6. The number of thioether (sulfide) groups is 1. The van der Waals surface area contributed by atoms with E-state index in [0.717, 1.165) is 15.8 Å². The monoisotopic (exact) mass is 352 g/mol. The van der Waals surface area contributed by atoms with Gasteiger partial charge in [0.05, 0.1) is 24.1 Å². The van der Waals surface area contributed by atoms with Crippen molar-refractivity contribution < 1.29 is 14.3 Å². The lowest BCUT2D eigenvalue weighted by molar-refractivity contribution is -0.113. The van der Waals surface area contributed by atoms with E-state index in [-0.39, 0.29) is 11.7 Å². The van der Waals surface area contributed by atoms with Crippen LogP contribution in [-0.2, 0) is 9.53 Å². The number of para-hydroxylation sites is 1. The van der Waals surface area contributed by atoms with Crippen LogP contribution in [0.2, 0.25) is 0 Å². The average molecular weight is 352 g/mol. The number of amides is 1. The number of methoxy groups -OCH3 is 1. The number of rotatable bonds is 5. The summed E-state index contributed by atoms with van der Waals surface area (Å²) in [4.78, 5) is 28.4. The van der Waals surface area contributed by atoms with E-state index in [0.29, 0.717) is 11.3 Å². The highest BCUT2D eigenvalue weighted by Gasteiger charge is 2.14. The summed E-state index contributed by atoms with van der Waals surface area (Å²) >= 11 is 1.36. The van der Waals surface area contributed by atoms with Gasteiger partial charge in [0.15, 0.2) is 0 Å². The van der Waals surface area contributed by atoms with E-state index < -0.39 is 5.97 Å². The standard InChI is InChI=1S/C19H16N2O3S/c1-24-19(23)15-8-4-5-9-16(15)21-17(22)12-25-18-14-7-3-2-6-13(14)10-11-20-18/h2-11H,12H2,1H3,(H,21,22). The second-order valence-corrected chi connectivity index (χ2v) is 6.18. The Morgan fingerprint density at radius 3 is 2.68 bits per heavy atom. The highest BCUT2D eigenvalue weighted by molar-refractivity contribution is 8.00. The van der Waals surface area contributed by atoms with Gasteiger partial charge in [-0.3, -0.25) is 4.79 Å². The van der Waals surface area contributed by atoms with Gasteiger partial charge in [-0.05, 0) is 23.6 Å². The minimum absolute atomic E-state index is 0.191. The van der Waals surface area contributed by atoms with Crippen LogP contribution in [0.5, 0.6) is 0 Å². The third-order valence-electron chi connectivity index (χ3n) is 3.58. The molecule has 0 fully saturated rings. The Kier molecular flexibility index (Phi) is 5.30. The van der Waals surface area contributed by atoms with Gasteiger partial charge in [0.25, 0.3) is 0 Å². The Labute approximate surface area is 149 Å². The molecule has 1 aromatic heterocycles. The molecule has 1 heterocycles. The zero-order chi connectivity index (χ0) is 17.6. The molecule has 5 nitrogen and oxygen atoms in total. The average Bonchev–Trinajstić information content (AvgIpc) is 2.66. The Balaban J connectivity index is 1.71. The van der Waals surface area contributed by atoms with E-state index in [9.17, 15) is 9.59 Å². The number of ether oxygens (including phenoxy) is 1. The number of nitrogens with one attached hydrogen (secondary N) is 1. The summed E-state index contributed by atoms with van der Waals surface area (Å²) in [6.45, 7) is 0. The molecule has 0 unspecified atom stereocenters. The van der Waals surface area contributed by atoms with Gasteiger partial charge >= 0.3 is 5.97 Å². The predicted octanol–water partition coefficient (Wildman–Crippen LogP) is 3.75. The number of nitrogens with zero attached hydrogens (tertiary/aromatic N) is 1. The summed E-state index contributed by atoms with van der Waals surface area (Å²) in [5.41, 5.74) is 0.762. The minimum Gasteiger partial charge on any atom is -0.465 e. The molecule has 1 N–H and O–H groups in total. The number of carbonyl (C=O) groups is 2. The van der Waals surface area contributed by atoms with E-state index >= 15 is 0 Å². The van der Waals surface area contributed by atoms with Crippen LogP contribution in [0.1, 0.15) is 10.4 Å². The van der Waals surface area contributed by atoms with Crippen molar-refractivity contribution in [1.29, 1.82) is 0 Å². The van der Waals surface area contributed by atoms with Gasteiger partial charge < -0.3 is 10.1 Å². The fourth-order valence-electron chi connectivity index (χ4n) is 2.41. The SMILES string of the molecule is COC(=O)c1ccccc1NC(=O)CSc1nccc2ccccc12. The Morgan fingerprint density at radius 2 is 1.84 bits per heavy atom. The van der Waals surface area contributed by atoms with Gasteiger partial charge in [0.1, 0.15) is 5.03 Å². The molecule has 25 heavy (non-hydrogen) atoms. The lowest BCUT2D eigenvalue weighted by Crippen LogP contribution is -2.17. The maximum atomic E-state index is 12.3. The molecular formula is C19H16N2O3S. The molecule has 126 valence electrons. The molecule has 2 aromatic carbocycles. The van der Waals surface area contributed by atoms with Crippen LogP contribution in [0.3, 0.4) is 0 Å². The molecule has 0 aliphatic carbocycles. The zero-order valence-electron chi connectivity index (χ0n) is 13.6. The molecule has 0 radical (unpaired) electrons. The first kappa shape index (κ1) is 17.0. The topological polar surface area (TPSA) is 68.3 Å². The van der Waals surface area contributed by atoms with Crippen molar-refractivity contribution in [2.45, 2.75) is 5.03 Å². The number of carbonyl (C=O) groups excluding carboxylic acids is 2. The smallest absolute Gasteiger partial charge is 0.339 e. The molecule has 0 spiro atoms. The summed E-state index contributed by atoms with van der Waals surface area (Å²) < 4.78 is 4.73. The van der Waals surface area contributed by atoms with Crippen molar-refractivity contribution in [3.63, 3.8) is 0 Å². The number of pyridine rings is 1. The Bertz CT molecular complexity index is 922.